The number of hydrogen-bond donors (Lipinski definition) is 0. The number of nitrogens with zero attached hydrogens (tertiary/aromatic N) is 3. The summed E-state index contributed by atoms with van der Waals surface area (Å²) in [6, 6.07) is 6.33. The number of rotatable bonds is 4. The normalized spacial score (nSPS) is 21.2. The number of alkyl halides is 1. The van der Waals surface area contributed by atoms with Crippen LogP contribution in [0.25, 0.3) is 11.0 Å². The molecule has 3 rings (SSSR count). The summed E-state index contributed by atoms with van der Waals surface area (Å²) in [5.74, 6) is 1.71. The molecule has 0 amide bonds. The fourth-order valence-electron chi connectivity index (χ4n) is 3.48. The van der Waals surface area contributed by atoms with Gasteiger partial charge in [-0.2, -0.15) is 0 Å². The Bertz CT molecular complexity index is 632. The molecule has 2 atom stereocenters. The van der Waals surface area contributed by atoms with Gasteiger partial charge in [-0.15, -0.1) is 11.6 Å². The smallest absolute Gasteiger partial charge is 0.127 e. The van der Waals surface area contributed by atoms with Crippen molar-refractivity contribution in [2.75, 3.05) is 19.6 Å². The molecule has 0 spiro atoms. The number of imidazole rings is 1. The molecule has 0 N–H and O–H groups in total. The van der Waals surface area contributed by atoms with Gasteiger partial charge in [0.05, 0.1) is 16.4 Å². The lowest BCUT2D eigenvalue weighted by Crippen LogP contribution is -2.22. The Morgan fingerprint density at radius 2 is 2.24 bits per heavy atom. The van der Waals surface area contributed by atoms with Crippen LogP contribution in [0.5, 0.6) is 0 Å². The third-order valence-electron chi connectivity index (χ3n) is 4.61. The maximum atomic E-state index is 6.38. The lowest BCUT2D eigenvalue weighted by atomic mass is 10.1. The molecule has 2 heterocycles. The second kappa shape index (κ2) is 5.98. The van der Waals surface area contributed by atoms with E-state index in [1.54, 1.807) is 0 Å². The van der Waals surface area contributed by atoms with E-state index in [1.807, 2.05) is 6.92 Å². The van der Waals surface area contributed by atoms with E-state index < -0.39 is 0 Å². The van der Waals surface area contributed by atoms with Gasteiger partial charge >= 0.3 is 0 Å². The first kappa shape index (κ1) is 14.9. The summed E-state index contributed by atoms with van der Waals surface area (Å²) in [5.41, 5.74) is 3.62. The molecule has 2 unspecified atom stereocenters. The summed E-state index contributed by atoms with van der Waals surface area (Å²) in [5, 5.41) is -0.0551. The molecule has 3 nitrogen and oxygen atoms in total. The molecule has 0 radical (unpaired) electrons. The zero-order valence-corrected chi connectivity index (χ0v) is 13.9. The highest BCUT2D eigenvalue weighted by Crippen LogP contribution is 2.29. The molecule has 1 aliphatic heterocycles. The molecule has 4 heteroatoms. The Morgan fingerprint density at radius 3 is 2.90 bits per heavy atom. The van der Waals surface area contributed by atoms with Gasteiger partial charge in [0.25, 0.3) is 0 Å². The van der Waals surface area contributed by atoms with Gasteiger partial charge in [0.2, 0.25) is 0 Å². The highest BCUT2D eigenvalue weighted by Gasteiger charge is 2.24. The summed E-state index contributed by atoms with van der Waals surface area (Å²) in [6.45, 7) is 11.0. The van der Waals surface area contributed by atoms with Crippen molar-refractivity contribution in [3.8, 4) is 0 Å². The van der Waals surface area contributed by atoms with Gasteiger partial charge in [-0.3, -0.25) is 0 Å². The minimum Gasteiger partial charge on any atom is -0.326 e. The third kappa shape index (κ3) is 2.82. The van der Waals surface area contributed by atoms with E-state index in [9.17, 15) is 0 Å². The van der Waals surface area contributed by atoms with Gasteiger partial charge in [-0.05, 0) is 50.9 Å². The first-order chi connectivity index (χ1) is 10.1. The fourth-order valence-corrected chi connectivity index (χ4v) is 3.65. The number of benzene rings is 1. The molecule has 1 aliphatic rings. The largest absolute Gasteiger partial charge is 0.326 e. The van der Waals surface area contributed by atoms with E-state index in [-0.39, 0.29) is 5.38 Å². The summed E-state index contributed by atoms with van der Waals surface area (Å²) >= 11 is 6.38. The standard InChI is InChI=1S/C17H24ClN3/c1-4-20-9-8-14(10-20)11-21-16-12(2)6-5-7-15(16)19-17(21)13(3)18/h5-7,13-14H,4,8-11H2,1-3H3. The van der Waals surface area contributed by atoms with Crippen molar-refractivity contribution in [1.82, 2.24) is 14.5 Å². The Balaban J connectivity index is 1.98. The van der Waals surface area contributed by atoms with Crippen LogP contribution < -0.4 is 0 Å². The number of aromatic nitrogens is 2. The average molecular weight is 306 g/mol. The van der Waals surface area contributed by atoms with Crippen LogP contribution in [0.2, 0.25) is 0 Å². The van der Waals surface area contributed by atoms with E-state index in [4.69, 9.17) is 16.6 Å². The number of fused-ring (bicyclic) bond motifs is 1. The van der Waals surface area contributed by atoms with Gasteiger partial charge < -0.3 is 9.47 Å². The minimum absolute atomic E-state index is 0.0551. The van der Waals surface area contributed by atoms with Crippen LogP contribution in [0.3, 0.4) is 0 Å². The van der Waals surface area contributed by atoms with Gasteiger partial charge in [0.1, 0.15) is 5.82 Å². The molecular weight excluding hydrogens is 282 g/mol. The topological polar surface area (TPSA) is 21.1 Å². The van der Waals surface area contributed by atoms with E-state index in [0.29, 0.717) is 5.92 Å². The van der Waals surface area contributed by atoms with Crippen molar-refractivity contribution >= 4 is 22.6 Å². The molecular formula is C17H24ClN3. The number of aryl methyl sites for hydroxylation is 1. The van der Waals surface area contributed by atoms with Gasteiger partial charge in [-0.1, -0.05) is 19.1 Å². The molecule has 2 aromatic rings. The zero-order valence-electron chi connectivity index (χ0n) is 13.1. The van der Waals surface area contributed by atoms with Crippen molar-refractivity contribution in [3.63, 3.8) is 0 Å². The van der Waals surface area contributed by atoms with Crippen molar-refractivity contribution in [2.45, 2.75) is 39.1 Å². The van der Waals surface area contributed by atoms with E-state index in [0.717, 1.165) is 24.4 Å². The maximum absolute atomic E-state index is 6.38. The first-order valence-electron chi connectivity index (χ1n) is 7.92. The van der Waals surface area contributed by atoms with E-state index >= 15 is 0 Å². The van der Waals surface area contributed by atoms with Crippen LogP contribution in [-0.4, -0.2) is 34.1 Å². The molecule has 0 bridgehead atoms. The summed E-state index contributed by atoms with van der Waals surface area (Å²) in [6.07, 6.45) is 1.27. The van der Waals surface area contributed by atoms with Gasteiger partial charge in [0.15, 0.2) is 0 Å². The average Bonchev–Trinajstić information content (AvgIpc) is 3.05. The molecule has 1 saturated heterocycles. The summed E-state index contributed by atoms with van der Waals surface area (Å²) < 4.78 is 2.37. The molecule has 0 aliphatic carbocycles. The second-order valence-corrected chi connectivity index (χ2v) is 6.84. The first-order valence-corrected chi connectivity index (χ1v) is 8.36. The lowest BCUT2D eigenvalue weighted by molar-refractivity contribution is 0.332. The fraction of sp³-hybridized carbons (Fsp3) is 0.588. The highest BCUT2D eigenvalue weighted by atomic mass is 35.5. The summed E-state index contributed by atoms with van der Waals surface area (Å²) in [4.78, 5) is 7.30. The van der Waals surface area contributed by atoms with Crippen molar-refractivity contribution < 1.29 is 0 Å². The van der Waals surface area contributed by atoms with Crippen molar-refractivity contribution in [1.29, 1.82) is 0 Å². The van der Waals surface area contributed by atoms with Crippen LogP contribution in [-0.2, 0) is 6.54 Å². The monoisotopic (exact) mass is 305 g/mol. The van der Waals surface area contributed by atoms with Gasteiger partial charge in [-0.25, -0.2) is 4.98 Å². The molecule has 1 aromatic carbocycles. The van der Waals surface area contributed by atoms with Crippen LogP contribution in [0, 0.1) is 12.8 Å². The van der Waals surface area contributed by atoms with Crippen LogP contribution >= 0.6 is 11.6 Å². The van der Waals surface area contributed by atoms with Crippen LogP contribution in [0.1, 0.15) is 37.0 Å². The maximum Gasteiger partial charge on any atom is 0.127 e. The minimum atomic E-state index is -0.0551. The lowest BCUT2D eigenvalue weighted by Gasteiger charge is -2.17. The van der Waals surface area contributed by atoms with E-state index in [1.165, 1.54) is 30.6 Å². The Hall–Kier alpha value is -1.06. The molecule has 1 fully saturated rings. The Kier molecular flexibility index (Phi) is 4.23. The third-order valence-corrected chi connectivity index (χ3v) is 4.81. The van der Waals surface area contributed by atoms with Crippen LogP contribution in [0.15, 0.2) is 18.2 Å². The SMILES string of the molecule is CCN1CCC(Cn2c(C(C)Cl)nc3cccc(C)c32)C1. The zero-order chi connectivity index (χ0) is 15.0. The predicted molar refractivity (Wildman–Crippen MR) is 89.0 cm³/mol. The quantitative estimate of drug-likeness (QED) is 0.797. The van der Waals surface area contributed by atoms with E-state index in [2.05, 4.69) is 41.5 Å². The number of para-hydroxylation sites is 1. The van der Waals surface area contributed by atoms with Crippen molar-refractivity contribution in [2.24, 2.45) is 5.92 Å². The number of hydrogen-bond acceptors (Lipinski definition) is 2. The number of halogens is 1. The molecule has 21 heavy (non-hydrogen) atoms. The molecule has 0 saturated carbocycles. The summed E-state index contributed by atoms with van der Waals surface area (Å²) in [7, 11) is 0. The highest BCUT2D eigenvalue weighted by molar-refractivity contribution is 6.20. The van der Waals surface area contributed by atoms with Gasteiger partial charge in [0, 0.05) is 13.1 Å². The predicted octanol–water partition coefficient (Wildman–Crippen LogP) is 3.99. The Labute approximate surface area is 131 Å². The molecule has 114 valence electrons. The second-order valence-electron chi connectivity index (χ2n) is 6.19. The molecule has 1 aromatic heterocycles. The van der Waals surface area contributed by atoms with Crippen LogP contribution in [0.4, 0.5) is 0 Å². The Morgan fingerprint density at radius 1 is 1.43 bits per heavy atom. The van der Waals surface area contributed by atoms with Crippen molar-refractivity contribution in [3.05, 3.63) is 29.6 Å². The number of likely N-dealkylation sites (tertiary alicyclic amines) is 1.